The number of rotatable bonds is 5. The average molecular weight is 325 g/mol. The second-order valence-corrected chi connectivity index (χ2v) is 6.35. The lowest BCUT2D eigenvalue weighted by Crippen LogP contribution is -2.40. The highest BCUT2D eigenvalue weighted by molar-refractivity contribution is 5.85. The second-order valence-electron chi connectivity index (χ2n) is 6.35. The third kappa shape index (κ3) is 4.99. The third-order valence-electron chi connectivity index (χ3n) is 4.42. The Labute approximate surface area is 140 Å². The maximum atomic E-state index is 12.5. The van der Waals surface area contributed by atoms with Gasteiger partial charge in [0.25, 0.3) is 0 Å². The van der Waals surface area contributed by atoms with E-state index in [1.165, 1.54) is 11.1 Å². The van der Waals surface area contributed by atoms with Crippen LogP contribution in [0.25, 0.3) is 0 Å². The van der Waals surface area contributed by atoms with Gasteiger partial charge >= 0.3 is 0 Å². The van der Waals surface area contributed by atoms with Crippen molar-refractivity contribution in [1.82, 2.24) is 10.6 Å². The monoisotopic (exact) mass is 324 g/mol. The number of amides is 1. The van der Waals surface area contributed by atoms with E-state index in [2.05, 4.69) is 55.7 Å². The van der Waals surface area contributed by atoms with Crippen molar-refractivity contribution >= 4 is 18.3 Å². The number of carbonyl (C=O) groups is 1. The van der Waals surface area contributed by atoms with Gasteiger partial charge in [-0.3, -0.25) is 4.79 Å². The Balaban J connectivity index is 0.00000242. The molecular weight excluding hydrogens is 296 g/mol. The maximum absolute atomic E-state index is 12.5. The van der Waals surface area contributed by atoms with Crippen molar-refractivity contribution in [2.75, 3.05) is 13.1 Å². The van der Waals surface area contributed by atoms with Crippen LogP contribution in [0.2, 0.25) is 0 Å². The minimum Gasteiger partial charge on any atom is -0.349 e. The van der Waals surface area contributed by atoms with Gasteiger partial charge in [-0.2, -0.15) is 0 Å². The largest absolute Gasteiger partial charge is 0.349 e. The molecule has 22 heavy (non-hydrogen) atoms. The Kier molecular flexibility index (Phi) is 7.91. The highest BCUT2D eigenvalue weighted by Crippen LogP contribution is 2.24. The van der Waals surface area contributed by atoms with Crippen LogP contribution in [0.15, 0.2) is 24.3 Å². The normalized spacial score (nSPS) is 16.9. The zero-order valence-corrected chi connectivity index (χ0v) is 14.7. The number of benzene rings is 1. The highest BCUT2D eigenvalue weighted by Gasteiger charge is 2.25. The fourth-order valence-corrected chi connectivity index (χ4v) is 2.95. The van der Waals surface area contributed by atoms with Crippen LogP contribution in [0.5, 0.6) is 0 Å². The van der Waals surface area contributed by atoms with Crippen LogP contribution in [0, 0.1) is 11.8 Å². The SMILES string of the molecule is CCc1ccc(C(NC(=O)C2CCNCC2)C(C)C)cc1.Cl. The molecular formula is C18H29ClN2O. The van der Waals surface area contributed by atoms with Gasteiger partial charge < -0.3 is 10.6 Å². The number of nitrogens with one attached hydrogen (secondary N) is 2. The van der Waals surface area contributed by atoms with Gasteiger partial charge in [0, 0.05) is 5.92 Å². The molecule has 0 aromatic heterocycles. The zero-order chi connectivity index (χ0) is 15.2. The van der Waals surface area contributed by atoms with Crippen LogP contribution in [-0.4, -0.2) is 19.0 Å². The molecule has 1 aromatic carbocycles. The van der Waals surface area contributed by atoms with Crippen LogP contribution >= 0.6 is 12.4 Å². The van der Waals surface area contributed by atoms with E-state index < -0.39 is 0 Å². The summed E-state index contributed by atoms with van der Waals surface area (Å²) >= 11 is 0. The Bertz CT molecular complexity index is 453. The molecule has 1 aliphatic heterocycles. The summed E-state index contributed by atoms with van der Waals surface area (Å²) in [7, 11) is 0. The standard InChI is InChI=1S/C18H28N2O.ClH/c1-4-14-5-7-15(8-6-14)17(13(2)3)20-18(21)16-9-11-19-12-10-16;/h5-8,13,16-17,19H,4,9-12H2,1-3H3,(H,20,21);1H. The van der Waals surface area contributed by atoms with Crippen LogP contribution in [-0.2, 0) is 11.2 Å². The molecule has 0 saturated carbocycles. The van der Waals surface area contributed by atoms with Crippen LogP contribution in [0.4, 0.5) is 0 Å². The van der Waals surface area contributed by atoms with Crippen molar-refractivity contribution < 1.29 is 4.79 Å². The fourth-order valence-electron chi connectivity index (χ4n) is 2.95. The summed E-state index contributed by atoms with van der Waals surface area (Å²) in [6.07, 6.45) is 2.95. The number of hydrogen-bond acceptors (Lipinski definition) is 2. The van der Waals surface area contributed by atoms with Gasteiger partial charge in [0.1, 0.15) is 0 Å². The van der Waals surface area contributed by atoms with E-state index in [4.69, 9.17) is 0 Å². The van der Waals surface area contributed by atoms with E-state index in [1.807, 2.05) is 0 Å². The minimum atomic E-state index is 0. The molecule has 2 N–H and O–H groups in total. The Morgan fingerprint density at radius 2 is 1.82 bits per heavy atom. The van der Waals surface area contributed by atoms with Gasteiger partial charge in [-0.15, -0.1) is 12.4 Å². The molecule has 1 aliphatic rings. The first-order chi connectivity index (χ1) is 10.1. The van der Waals surface area contributed by atoms with Crippen molar-refractivity contribution in [3.8, 4) is 0 Å². The first-order valence-electron chi connectivity index (χ1n) is 8.21. The summed E-state index contributed by atoms with van der Waals surface area (Å²) in [5, 5.41) is 6.58. The van der Waals surface area contributed by atoms with E-state index >= 15 is 0 Å². The lowest BCUT2D eigenvalue weighted by molar-refractivity contribution is -0.126. The van der Waals surface area contributed by atoms with E-state index in [0.717, 1.165) is 32.4 Å². The lowest BCUT2D eigenvalue weighted by Gasteiger charge is -2.28. The van der Waals surface area contributed by atoms with Crippen LogP contribution < -0.4 is 10.6 Å². The molecule has 1 heterocycles. The maximum Gasteiger partial charge on any atom is 0.223 e. The summed E-state index contributed by atoms with van der Waals surface area (Å²) < 4.78 is 0. The van der Waals surface area contributed by atoms with Crippen LogP contribution in [0.3, 0.4) is 0 Å². The number of hydrogen-bond donors (Lipinski definition) is 2. The molecule has 4 heteroatoms. The molecule has 1 atom stereocenters. The molecule has 2 rings (SSSR count). The van der Waals surface area contributed by atoms with Crippen molar-refractivity contribution in [1.29, 1.82) is 0 Å². The molecule has 0 bridgehead atoms. The van der Waals surface area contributed by atoms with E-state index in [-0.39, 0.29) is 30.3 Å². The number of piperidine rings is 1. The lowest BCUT2D eigenvalue weighted by atomic mass is 9.92. The van der Waals surface area contributed by atoms with E-state index in [9.17, 15) is 4.79 Å². The van der Waals surface area contributed by atoms with Gasteiger partial charge in [0.2, 0.25) is 5.91 Å². The predicted octanol–water partition coefficient (Wildman–Crippen LogP) is 3.48. The van der Waals surface area contributed by atoms with Crippen molar-refractivity contribution in [2.45, 2.75) is 46.1 Å². The summed E-state index contributed by atoms with van der Waals surface area (Å²) in [5.74, 6) is 0.778. The summed E-state index contributed by atoms with van der Waals surface area (Å²) in [5.41, 5.74) is 2.55. The molecule has 0 spiro atoms. The number of carbonyl (C=O) groups excluding carboxylic acids is 1. The molecule has 1 unspecified atom stereocenters. The second kappa shape index (κ2) is 9.16. The van der Waals surface area contributed by atoms with Gasteiger partial charge in [-0.1, -0.05) is 45.0 Å². The molecule has 1 saturated heterocycles. The van der Waals surface area contributed by atoms with E-state index in [0.29, 0.717) is 5.92 Å². The zero-order valence-electron chi connectivity index (χ0n) is 13.9. The third-order valence-corrected chi connectivity index (χ3v) is 4.42. The summed E-state index contributed by atoms with van der Waals surface area (Å²) in [6.45, 7) is 8.40. The quantitative estimate of drug-likeness (QED) is 0.870. The number of halogens is 1. The summed E-state index contributed by atoms with van der Waals surface area (Å²) in [4.78, 5) is 12.5. The van der Waals surface area contributed by atoms with Crippen molar-refractivity contribution in [3.63, 3.8) is 0 Å². The van der Waals surface area contributed by atoms with Crippen LogP contribution in [0.1, 0.15) is 50.8 Å². The summed E-state index contributed by atoms with van der Waals surface area (Å²) in [6, 6.07) is 8.76. The predicted molar refractivity (Wildman–Crippen MR) is 94.4 cm³/mol. The number of aryl methyl sites for hydroxylation is 1. The molecule has 0 radical (unpaired) electrons. The molecule has 124 valence electrons. The Morgan fingerprint density at radius 3 is 2.32 bits per heavy atom. The highest BCUT2D eigenvalue weighted by atomic mass is 35.5. The molecule has 1 amide bonds. The minimum absolute atomic E-state index is 0. The average Bonchev–Trinajstić information content (AvgIpc) is 2.53. The van der Waals surface area contributed by atoms with Gasteiger partial charge in [-0.25, -0.2) is 0 Å². The van der Waals surface area contributed by atoms with Gasteiger partial charge in [0.15, 0.2) is 0 Å². The Hall–Kier alpha value is -1.06. The molecule has 1 aromatic rings. The van der Waals surface area contributed by atoms with Gasteiger partial charge in [0.05, 0.1) is 6.04 Å². The van der Waals surface area contributed by atoms with Crippen molar-refractivity contribution in [3.05, 3.63) is 35.4 Å². The fraction of sp³-hybridized carbons (Fsp3) is 0.611. The van der Waals surface area contributed by atoms with Crippen molar-refractivity contribution in [2.24, 2.45) is 11.8 Å². The molecule has 0 aliphatic carbocycles. The Morgan fingerprint density at radius 1 is 1.23 bits per heavy atom. The molecule has 3 nitrogen and oxygen atoms in total. The first kappa shape index (κ1) is 19.0. The van der Waals surface area contributed by atoms with E-state index in [1.54, 1.807) is 0 Å². The first-order valence-corrected chi connectivity index (χ1v) is 8.21. The smallest absolute Gasteiger partial charge is 0.223 e. The van der Waals surface area contributed by atoms with Gasteiger partial charge in [-0.05, 0) is 49.4 Å². The topological polar surface area (TPSA) is 41.1 Å². The molecule has 1 fully saturated rings.